The Kier molecular flexibility index (Phi) is 3.37. The van der Waals surface area contributed by atoms with Crippen LogP contribution in [0.2, 0.25) is 0 Å². The molecule has 0 aliphatic rings. The van der Waals surface area contributed by atoms with Crippen molar-refractivity contribution in [3.8, 4) is 0 Å². The summed E-state index contributed by atoms with van der Waals surface area (Å²) in [7, 11) is 0. The number of hydrogen-bond donors (Lipinski definition) is 1. The van der Waals surface area contributed by atoms with Crippen LogP contribution in [0.4, 0.5) is 14.6 Å². The van der Waals surface area contributed by atoms with Gasteiger partial charge in [0.2, 0.25) is 0 Å². The summed E-state index contributed by atoms with van der Waals surface area (Å²) in [6.07, 6.45) is 1.31. The molecule has 1 N–H and O–H groups in total. The lowest BCUT2D eigenvalue weighted by molar-refractivity contribution is 0.510. The number of benzene rings is 2. The molecule has 0 radical (unpaired) electrons. The third-order valence-electron chi connectivity index (χ3n) is 3.90. The Morgan fingerprint density at radius 1 is 1.04 bits per heavy atom. The van der Waals surface area contributed by atoms with Gasteiger partial charge in [0.1, 0.15) is 23.5 Å². The number of rotatable bonds is 3. The second-order valence-corrected chi connectivity index (χ2v) is 5.56. The number of furan rings is 1. The molecule has 0 saturated heterocycles. The summed E-state index contributed by atoms with van der Waals surface area (Å²) >= 11 is 0. The molecule has 4 nitrogen and oxygen atoms in total. The van der Waals surface area contributed by atoms with E-state index in [1.807, 2.05) is 37.3 Å². The van der Waals surface area contributed by atoms with E-state index < -0.39 is 11.6 Å². The summed E-state index contributed by atoms with van der Waals surface area (Å²) in [5, 5.41) is 4.59. The molecule has 0 aliphatic carbocycles. The van der Waals surface area contributed by atoms with Gasteiger partial charge in [-0.3, -0.25) is 0 Å². The van der Waals surface area contributed by atoms with Gasteiger partial charge in [-0.1, -0.05) is 18.2 Å². The smallest absolute Gasteiger partial charge is 0.161 e. The zero-order valence-electron chi connectivity index (χ0n) is 12.8. The second-order valence-electron chi connectivity index (χ2n) is 5.56. The van der Waals surface area contributed by atoms with Gasteiger partial charge in [-0.25, -0.2) is 18.7 Å². The SMILES string of the molecule is C[C@@H](Nc1ncnc2cc(F)c(F)cc12)c1cc2ccccc2o1. The zero-order valence-corrected chi connectivity index (χ0v) is 12.8. The van der Waals surface area contributed by atoms with E-state index in [9.17, 15) is 8.78 Å². The van der Waals surface area contributed by atoms with E-state index in [0.717, 1.165) is 28.9 Å². The highest BCUT2D eigenvalue weighted by Crippen LogP contribution is 2.28. The molecular formula is C18H13F2N3O. The number of hydrogen-bond acceptors (Lipinski definition) is 4. The zero-order chi connectivity index (χ0) is 16.7. The number of para-hydroxylation sites is 1. The Labute approximate surface area is 136 Å². The van der Waals surface area contributed by atoms with E-state index in [1.165, 1.54) is 6.33 Å². The van der Waals surface area contributed by atoms with Crippen LogP contribution in [-0.2, 0) is 0 Å². The van der Waals surface area contributed by atoms with E-state index >= 15 is 0 Å². The number of nitrogens with zero attached hydrogens (tertiary/aromatic N) is 2. The molecule has 0 aliphatic heterocycles. The summed E-state index contributed by atoms with van der Waals surface area (Å²) in [5.74, 6) is -0.716. The average Bonchev–Trinajstić information content (AvgIpc) is 3.01. The van der Waals surface area contributed by atoms with E-state index in [1.54, 1.807) is 0 Å². The molecule has 0 fully saturated rings. The highest BCUT2D eigenvalue weighted by molar-refractivity contribution is 5.89. The Bertz CT molecular complexity index is 1010. The molecule has 120 valence electrons. The fourth-order valence-electron chi connectivity index (χ4n) is 2.66. The van der Waals surface area contributed by atoms with Gasteiger partial charge in [-0.2, -0.15) is 0 Å². The lowest BCUT2D eigenvalue weighted by Crippen LogP contribution is -2.08. The lowest BCUT2D eigenvalue weighted by atomic mass is 10.2. The summed E-state index contributed by atoms with van der Waals surface area (Å²) < 4.78 is 32.7. The third kappa shape index (κ3) is 2.46. The number of anilines is 1. The van der Waals surface area contributed by atoms with Crippen molar-refractivity contribution in [3.63, 3.8) is 0 Å². The molecule has 0 unspecified atom stereocenters. The van der Waals surface area contributed by atoms with Gasteiger partial charge in [0.05, 0.1) is 11.6 Å². The Morgan fingerprint density at radius 2 is 1.83 bits per heavy atom. The summed E-state index contributed by atoms with van der Waals surface area (Å²) in [5.41, 5.74) is 1.13. The van der Waals surface area contributed by atoms with Crippen molar-refractivity contribution in [1.29, 1.82) is 0 Å². The first-order valence-corrected chi connectivity index (χ1v) is 7.46. The molecule has 4 aromatic rings. The molecule has 0 spiro atoms. The standard InChI is InChI=1S/C18H13F2N3O/c1-10(17-6-11-4-2-3-5-16(11)24-17)23-18-12-7-13(19)14(20)8-15(12)21-9-22-18/h2-10H,1H3,(H,21,22,23)/t10-/m1/s1. The van der Waals surface area contributed by atoms with Gasteiger partial charge >= 0.3 is 0 Å². The Hall–Kier alpha value is -3.02. The largest absolute Gasteiger partial charge is 0.459 e. The molecule has 2 aromatic carbocycles. The minimum Gasteiger partial charge on any atom is -0.459 e. The molecular weight excluding hydrogens is 312 g/mol. The Balaban J connectivity index is 1.71. The maximum absolute atomic E-state index is 13.6. The molecule has 2 heterocycles. The van der Waals surface area contributed by atoms with Crippen LogP contribution in [0.1, 0.15) is 18.7 Å². The second kappa shape index (κ2) is 5.56. The van der Waals surface area contributed by atoms with Crippen LogP contribution in [0, 0.1) is 11.6 Å². The fourth-order valence-corrected chi connectivity index (χ4v) is 2.66. The van der Waals surface area contributed by atoms with E-state index in [2.05, 4.69) is 15.3 Å². The molecule has 0 bridgehead atoms. The number of aromatic nitrogens is 2. The number of halogens is 2. The van der Waals surface area contributed by atoms with Gasteiger partial charge in [-0.15, -0.1) is 0 Å². The fraction of sp³-hybridized carbons (Fsp3) is 0.111. The van der Waals surface area contributed by atoms with Crippen molar-refractivity contribution in [2.75, 3.05) is 5.32 Å². The highest BCUT2D eigenvalue weighted by atomic mass is 19.2. The van der Waals surface area contributed by atoms with Gasteiger partial charge < -0.3 is 9.73 Å². The molecule has 0 amide bonds. The van der Waals surface area contributed by atoms with E-state index in [4.69, 9.17) is 4.42 Å². The molecule has 0 saturated carbocycles. The van der Waals surface area contributed by atoms with Crippen LogP contribution in [0.15, 0.2) is 53.2 Å². The van der Waals surface area contributed by atoms with Crippen LogP contribution in [0.5, 0.6) is 0 Å². The highest BCUT2D eigenvalue weighted by Gasteiger charge is 2.15. The van der Waals surface area contributed by atoms with E-state index in [-0.39, 0.29) is 6.04 Å². The van der Waals surface area contributed by atoms with E-state index in [0.29, 0.717) is 16.7 Å². The molecule has 1 atom stereocenters. The first-order chi connectivity index (χ1) is 11.6. The molecule has 24 heavy (non-hydrogen) atoms. The van der Waals surface area contributed by atoms with Crippen molar-refractivity contribution in [1.82, 2.24) is 9.97 Å². The van der Waals surface area contributed by atoms with Crippen LogP contribution in [0.25, 0.3) is 21.9 Å². The third-order valence-corrected chi connectivity index (χ3v) is 3.90. The summed E-state index contributed by atoms with van der Waals surface area (Å²) in [6.45, 7) is 1.91. The predicted molar refractivity (Wildman–Crippen MR) is 87.7 cm³/mol. The minimum atomic E-state index is -0.934. The van der Waals surface area contributed by atoms with Crippen molar-refractivity contribution in [3.05, 3.63) is 66.2 Å². The molecule has 2 aromatic heterocycles. The van der Waals surface area contributed by atoms with Crippen LogP contribution in [-0.4, -0.2) is 9.97 Å². The maximum atomic E-state index is 13.6. The summed E-state index contributed by atoms with van der Waals surface area (Å²) in [6, 6.07) is 11.6. The summed E-state index contributed by atoms with van der Waals surface area (Å²) in [4.78, 5) is 8.12. The monoisotopic (exact) mass is 325 g/mol. The Morgan fingerprint density at radius 3 is 2.67 bits per heavy atom. The average molecular weight is 325 g/mol. The van der Waals surface area contributed by atoms with Crippen LogP contribution >= 0.6 is 0 Å². The van der Waals surface area contributed by atoms with Crippen molar-refractivity contribution >= 4 is 27.7 Å². The number of nitrogens with one attached hydrogen (secondary N) is 1. The number of fused-ring (bicyclic) bond motifs is 2. The van der Waals surface area contributed by atoms with Gasteiger partial charge in [-0.05, 0) is 25.1 Å². The van der Waals surface area contributed by atoms with Gasteiger partial charge in [0, 0.05) is 16.8 Å². The van der Waals surface area contributed by atoms with Crippen LogP contribution < -0.4 is 5.32 Å². The minimum absolute atomic E-state index is 0.205. The topological polar surface area (TPSA) is 51.0 Å². The van der Waals surface area contributed by atoms with Crippen molar-refractivity contribution < 1.29 is 13.2 Å². The van der Waals surface area contributed by atoms with Gasteiger partial charge in [0.15, 0.2) is 11.6 Å². The lowest BCUT2D eigenvalue weighted by Gasteiger charge is -2.13. The first kappa shape index (κ1) is 14.6. The predicted octanol–water partition coefficient (Wildman–Crippen LogP) is 4.83. The van der Waals surface area contributed by atoms with Crippen molar-refractivity contribution in [2.24, 2.45) is 0 Å². The maximum Gasteiger partial charge on any atom is 0.161 e. The quantitative estimate of drug-likeness (QED) is 0.586. The van der Waals surface area contributed by atoms with Crippen molar-refractivity contribution in [2.45, 2.75) is 13.0 Å². The molecule has 4 rings (SSSR count). The normalized spacial score (nSPS) is 12.6. The first-order valence-electron chi connectivity index (χ1n) is 7.46. The molecule has 6 heteroatoms. The van der Waals surface area contributed by atoms with Crippen LogP contribution in [0.3, 0.4) is 0 Å². The van der Waals surface area contributed by atoms with Gasteiger partial charge in [0.25, 0.3) is 0 Å².